The fourth-order valence-electron chi connectivity index (χ4n) is 2.46. The number of β-lactam (4-membered cyclic amide) rings is 1. The molecule has 1 aromatic carbocycles. The molecule has 1 saturated heterocycles. The van der Waals surface area contributed by atoms with Crippen molar-refractivity contribution in [2.75, 3.05) is 12.0 Å². The molecule has 0 aliphatic carbocycles. The highest BCUT2D eigenvalue weighted by Crippen LogP contribution is 2.39. The van der Waals surface area contributed by atoms with Gasteiger partial charge < -0.3 is 14.9 Å². The van der Waals surface area contributed by atoms with Gasteiger partial charge in [0, 0.05) is 5.69 Å². The van der Waals surface area contributed by atoms with E-state index in [2.05, 4.69) is 0 Å². The normalized spacial score (nSPS) is 21.8. The molecular weight excluding hydrogens is 256 g/mol. The second-order valence-corrected chi connectivity index (χ2v) is 4.83. The molecule has 1 fully saturated rings. The molecule has 0 bridgehead atoms. The first-order chi connectivity index (χ1) is 9.61. The lowest BCUT2D eigenvalue weighted by atomic mass is 9.92. The van der Waals surface area contributed by atoms with Crippen molar-refractivity contribution in [2.45, 2.75) is 19.0 Å². The van der Waals surface area contributed by atoms with Gasteiger partial charge >= 0.3 is 0 Å². The fourth-order valence-corrected chi connectivity index (χ4v) is 2.46. The van der Waals surface area contributed by atoms with Gasteiger partial charge in [-0.25, -0.2) is 0 Å². The van der Waals surface area contributed by atoms with Gasteiger partial charge in [-0.2, -0.15) is 0 Å². The van der Waals surface area contributed by atoms with Crippen LogP contribution in [-0.4, -0.2) is 19.1 Å². The average Bonchev–Trinajstić information content (AvgIpc) is 2.89. The molecule has 0 spiro atoms. The molecule has 2 N–H and O–H groups in total. The van der Waals surface area contributed by atoms with Crippen LogP contribution in [0.5, 0.6) is 5.75 Å². The number of nitrogens with zero attached hydrogens (tertiary/aromatic N) is 1. The number of ether oxygens (including phenoxy) is 1. The highest BCUT2D eigenvalue weighted by Gasteiger charge is 2.48. The van der Waals surface area contributed by atoms with Crippen molar-refractivity contribution in [3.8, 4) is 5.75 Å². The third kappa shape index (κ3) is 1.87. The Morgan fingerprint density at radius 1 is 1.20 bits per heavy atom. The molecule has 2 aromatic rings. The zero-order valence-corrected chi connectivity index (χ0v) is 11.4. The maximum atomic E-state index is 12.0. The lowest BCUT2D eigenvalue weighted by Gasteiger charge is -2.44. The van der Waals surface area contributed by atoms with Gasteiger partial charge in [0.15, 0.2) is 0 Å². The van der Waals surface area contributed by atoms with E-state index in [1.54, 1.807) is 12.0 Å². The number of amides is 1. The lowest BCUT2D eigenvalue weighted by Crippen LogP contribution is -2.63. The highest BCUT2D eigenvalue weighted by molar-refractivity contribution is 6.05. The summed E-state index contributed by atoms with van der Waals surface area (Å²) in [6, 6.07) is 10.2. The van der Waals surface area contributed by atoms with E-state index in [-0.39, 0.29) is 11.9 Å². The fraction of sp³-hybridized carbons (Fsp3) is 0.267. The van der Waals surface area contributed by atoms with Crippen molar-refractivity contribution in [3.05, 3.63) is 47.9 Å². The van der Waals surface area contributed by atoms with E-state index in [4.69, 9.17) is 14.9 Å². The van der Waals surface area contributed by atoms with E-state index in [9.17, 15) is 4.79 Å². The predicted octanol–water partition coefficient (Wildman–Crippen LogP) is 2.01. The van der Waals surface area contributed by atoms with Crippen LogP contribution >= 0.6 is 0 Å². The van der Waals surface area contributed by atoms with Crippen LogP contribution in [0.4, 0.5) is 5.69 Å². The van der Waals surface area contributed by atoms with Crippen molar-refractivity contribution in [1.29, 1.82) is 0 Å². The summed E-state index contributed by atoms with van der Waals surface area (Å²) >= 11 is 0. The van der Waals surface area contributed by atoms with Crippen LogP contribution in [0.2, 0.25) is 0 Å². The molecule has 5 nitrogen and oxygen atoms in total. The summed E-state index contributed by atoms with van der Waals surface area (Å²) < 4.78 is 10.7. The number of nitrogens with two attached hydrogens (primary N) is 1. The number of furan rings is 1. The van der Waals surface area contributed by atoms with Gasteiger partial charge in [-0.3, -0.25) is 9.69 Å². The minimum atomic E-state index is -0.553. The monoisotopic (exact) mass is 272 g/mol. The summed E-state index contributed by atoms with van der Waals surface area (Å²) in [5.41, 5.74) is 6.70. The Labute approximate surface area is 116 Å². The highest BCUT2D eigenvalue weighted by atomic mass is 16.5. The summed E-state index contributed by atoms with van der Waals surface area (Å²) in [4.78, 5) is 13.7. The topological polar surface area (TPSA) is 68.7 Å². The first kappa shape index (κ1) is 12.7. The van der Waals surface area contributed by atoms with E-state index in [0.29, 0.717) is 5.76 Å². The molecule has 2 heterocycles. The van der Waals surface area contributed by atoms with Crippen LogP contribution in [0.3, 0.4) is 0 Å². The molecule has 104 valence electrons. The van der Waals surface area contributed by atoms with Crippen molar-refractivity contribution in [2.24, 2.45) is 5.73 Å². The largest absolute Gasteiger partial charge is 0.497 e. The Balaban J connectivity index is 1.92. The summed E-state index contributed by atoms with van der Waals surface area (Å²) in [5.74, 6) is 2.16. The molecule has 0 saturated carbocycles. The minimum absolute atomic E-state index is 0.103. The SMILES string of the molecule is COc1ccc(N2C(=O)[C@@H](N)[C@@H]2c2ccc(C)o2)cc1. The van der Waals surface area contributed by atoms with E-state index in [1.807, 2.05) is 43.3 Å². The number of carbonyl (C=O) groups is 1. The quantitative estimate of drug-likeness (QED) is 0.868. The first-order valence-corrected chi connectivity index (χ1v) is 6.41. The Bertz CT molecular complexity index is 633. The van der Waals surface area contributed by atoms with Crippen LogP contribution in [-0.2, 0) is 4.79 Å². The summed E-state index contributed by atoms with van der Waals surface area (Å²) in [6.45, 7) is 1.87. The molecular formula is C15H16N2O3. The van der Waals surface area contributed by atoms with E-state index < -0.39 is 6.04 Å². The molecule has 5 heteroatoms. The molecule has 3 rings (SSSR count). The molecule has 20 heavy (non-hydrogen) atoms. The molecule has 1 aromatic heterocycles. The van der Waals surface area contributed by atoms with Crippen LogP contribution in [0.25, 0.3) is 0 Å². The number of benzene rings is 1. The zero-order chi connectivity index (χ0) is 14.3. The van der Waals surface area contributed by atoms with Crippen molar-refractivity contribution in [3.63, 3.8) is 0 Å². The smallest absolute Gasteiger partial charge is 0.247 e. The molecule has 2 atom stereocenters. The lowest BCUT2D eigenvalue weighted by molar-refractivity contribution is -0.126. The van der Waals surface area contributed by atoms with Gasteiger partial charge in [0.2, 0.25) is 5.91 Å². The van der Waals surface area contributed by atoms with Crippen LogP contribution < -0.4 is 15.4 Å². The molecule has 1 aliphatic heterocycles. The number of carbonyl (C=O) groups excluding carboxylic acids is 1. The van der Waals surface area contributed by atoms with Crippen LogP contribution in [0, 0.1) is 6.92 Å². The van der Waals surface area contributed by atoms with Gasteiger partial charge in [0.25, 0.3) is 0 Å². The standard InChI is InChI=1S/C15H16N2O3/c1-9-3-8-12(20-9)14-13(16)15(18)17(14)10-4-6-11(19-2)7-5-10/h3-8,13-14H,16H2,1-2H3/t13-,14-/m0/s1. The third-order valence-corrected chi connectivity index (χ3v) is 3.54. The Morgan fingerprint density at radius 2 is 1.90 bits per heavy atom. The van der Waals surface area contributed by atoms with E-state index in [1.165, 1.54) is 0 Å². The predicted molar refractivity (Wildman–Crippen MR) is 74.6 cm³/mol. The number of hydrogen-bond acceptors (Lipinski definition) is 4. The first-order valence-electron chi connectivity index (χ1n) is 6.41. The third-order valence-electron chi connectivity index (χ3n) is 3.54. The summed E-state index contributed by atoms with van der Waals surface area (Å²) in [6.07, 6.45) is 0. The Kier molecular flexibility index (Phi) is 2.99. The molecule has 0 unspecified atom stereocenters. The van der Waals surface area contributed by atoms with Crippen molar-refractivity contribution >= 4 is 11.6 Å². The van der Waals surface area contributed by atoms with Crippen molar-refractivity contribution in [1.82, 2.24) is 0 Å². The van der Waals surface area contributed by atoms with Gasteiger partial charge in [-0.1, -0.05) is 0 Å². The second-order valence-electron chi connectivity index (χ2n) is 4.83. The van der Waals surface area contributed by atoms with Gasteiger partial charge in [0.05, 0.1) is 7.11 Å². The molecule has 0 radical (unpaired) electrons. The maximum Gasteiger partial charge on any atom is 0.247 e. The maximum absolute atomic E-state index is 12.0. The van der Waals surface area contributed by atoms with Crippen LogP contribution in [0.1, 0.15) is 17.6 Å². The molecule has 1 amide bonds. The number of hydrogen-bond donors (Lipinski definition) is 1. The van der Waals surface area contributed by atoms with Crippen LogP contribution in [0.15, 0.2) is 40.8 Å². The Morgan fingerprint density at radius 3 is 2.45 bits per heavy atom. The number of anilines is 1. The molecule has 1 aliphatic rings. The van der Waals surface area contributed by atoms with Gasteiger partial charge in [-0.05, 0) is 43.3 Å². The second kappa shape index (κ2) is 4.68. The van der Waals surface area contributed by atoms with E-state index >= 15 is 0 Å². The van der Waals surface area contributed by atoms with Gasteiger partial charge in [0.1, 0.15) is 29.4 Å². The average molecular weight is 272 g/mol. The Hall–Kier alpha value is -2.27. The number of aryl methyl sites for hydroxylation is 1. The van der Waals surface area contributed by atoms with Crippen molar-refractivity contribution < 1.29 is 13.9 Å². The minimum Gasteiger partial charge on any atom is -0.497 e. The number of rotatable bonds is 3. The number of methoxy groups -OCH3 is 1. The van der Waals surface area contributed by atoms with E-state index in [0.717, 1.165) is 17.2 Å². The van der Waals surface area contributed by atoms with Gasteiger partial charge in [-0.15, -0.1) is 0 Å². The summed E-state index contributed by atoms with van der Waals surface area (Å²) in [7, 11) is 1.61. The zero-order valence-electron chi connectivity index (χ0n) is 11.4. The summed E-state index contributed by atoms with van der Waals surface area (Å²) in [5, 5.41) is 0.